The van der Waals surface area contributed by atoms with E-state index in [-0.39, 0.29) is 5.91 Å². The number of thiazole rings is 1. The average molecular weight is 413 g/mol. The molecule has 2 aromatic carbocycles. The number of hydrogen-bond acceptors (Lipinski definition) is 5. The lowest BCUT2D eigenvalue weighted by Gasteiger charge is -2.08. The van der Waals surface area contributed by atoms with Crippen molar-refractivity contribution in [3.05, 3.63) is 71.2 Å². The third-order valence-corrected chi connectivity index (χ3v) is 4.81. The lowest BCUT2D eigenvalue weighted by atomic mass is 10.1. The Kier molecular flexibility index (Phi) is 6.94. The third kappa shape index (κ3) is 5.77. The van der Waals surface area contributed by atoms with E-state index in [9.17, 15) is 4.79 Å². The van der Waals surface area contributed by atoms with E-state index in [2.05, 4.69) is 20.9 Å². The van der Waals surface area contributed by atoms with E-state index in [0.29, 0.717) is 22.5 Å². The molecular formula is C20H20N4O2S2. The Morgan fingerprint density at radius 1 is 1.11 bits per heavy atom. The molecule has 0 fully saturated rings. The number of nitrogens with one attached hydrogen (secondary N) is 3. The molecule has 28 heavy (non-hydrogen) atoms. The summed E-state index contributed by atoms with van der Waals surface area (Å²) in [6.45, 7) is 0.556. The molecular weight excluding hydrogens is 392 g/mol. The van der Waals surface area contributed by atoms with Crippen LogP contribution in [0.4, 0.5) is 10.8 Å². The molecule has 0 saturated carbocycles. The normalized spacial score (nSPS) is 10.2. The zero-order chi connectivity index (χ0) is 19.8. The van der Waals surface area contributed by atoms with Crippen LogP contribution in [0.5, 0.6) is 5.75 Å². The van der Waals surface area contributed by atoms with Crippen LogP contribution in [-0.2, 0) is 6.42 Å². The summed E-state index contributed by atoms with van der Waals surface area (Å²) in [6.07, 6.45) is 0.775. The molecule has 0 atom stereocenters. The Morgan fingerprint density at radius 3 is 2.57 bits per heavy atom. The van der Waals surface area contributed by atoms with Gasteiger partial charge in [0.2, 0.25) is 0 Å². The molecule has 3 N–H and O–H groups in total. The summed E-state index contributed by atoms with van der Waals surface area (Å²) in [5, 5.41) is 11.6. The van der Waals surface area contributed by atoms with Crippen LogP contribution in [0.1, 0.15) is 16.1 Å². The van der Waals surface area contributed by atoms with Gasteiger partial charge in [-0.25, -0.2) is 4.98 Å². The minimum atomic E-state index is -0.200. The predicted octanol–water partition coefficient (Wildman–Crippen LogP) is 3.93. The van der Waals surface area contributed by atoms with E-state index < -0.39 is 0 Å². The fourth-order valence-corrected chi connectivity index (χ4v) is 3.40. The van der Waals surface area contributed by atoms with Gasteiger partial charge in [-0.2, -0.15) is 0 Å². The number of thiocarbonyl (C=S) groups is 1. The Bertz CT molecular complexity index is 927. The standard InChI is InChI=1S/C20H20N4O2S2/c1-26-16-9-7-15(8-10-16)22-19(27)24-20-23-17(13-28-20)18(25)21-12-11-14-5-3-2-4-6-14/h2-10,13H,11-12H2,1H3,(H,21,25)(H2,22,23,24,27). The van der Waals surface area contributed by atoms with E-state index in [1.54, 1.807) is 12.5 Å². The molecule has 3 rings (SSSR count). The van der Waals surface area contributed by atoms with Crippen molar-refractivity contribution in [2.24, 2.45) is 0 Å². The summed E-state index contributed by atoms with van der Waals surface area (Å²) in [5.74, 6) is 0.571. The Hall–Kier alpha value is -2.97. The van der Waals surface area contributed by atoms with Gasteiger partial charge in [-0.05, 0) is 48.5 Å². The summed E-state index contributed by atoms with van der Waals surface area (Å²) in [4.78, 5) is 16.5. The lowest BCUT2D eigenvalue weighted by molar-refractivity contribution is 0.0950. The molecule has 8 heteroatoms. The van der Waals surface area contributed by atoms with E-state index >= 15 is 0 Å². The van der Waals surface area contributed by atoms with Crippen LogP contribution < -0.4 is 20.7 Å². The summed E-state index contributed by atoms with van der Waals surface area (Å²) in [6, 6.07) is 17.4. The number of carbonyl (C=O) groups excluding carboxylic acids is 1. The average Bonchev–Trinajstić information content (AvgIpc) is 3.18. The van der Waals surface area contributed by atoms with E-state index in [1.165, 1.54) is 16.9 Å². The van der Waals surface area contributed by atoms with E-state index in [4.69, 9.17) is 17.0 Å². The molecule has 0 spiro atoms. The Balaban J connectivity index is 1.47. The van der Waals surface area contributed by atoms with E-state index in [1.807, 2.05) is 54.6 Å². The smallest absolute Gasteiger partial charge is 0.270 e. The van der Waals surface area contributed by atoms with Gasteiger partial charge in [-0.1, -0.05) is 30.3 Å². The summed E-state index contributed by atoms with van der Waals surface area (Å²) >= 11 is 6.61. The molecule has 1 amide bonds. The first-order valence-electron chi connectivity index (χ1n) is 8.64. The second kappa shape index (κ2) is 9.82. The van der Waals surface area contributed by atoms with Crippen LogP contribution in [0, 0.1) is 0 Å². The fourth-order valence-electron chi connectivity index (χ4n) is 2.42. The number of rotatable bonds is 7. The van der Waals surface area contributed by atoms with Crippen molar-refractivity contribution in [2.45, 2.75) is 6.42 Å². The van der Waals surface area contributed by atoms with Crippen LogP contribution in [0.25, 0.3) is 0 Å². The van der Waals surface area contributed by atoms with Gasteiger partial charge in [0, 0.05) is 17.6 Å². The van der Waals surface area contributed by atoms with Gasteiger partial charge in [0.05, 0.1) is 7.11 Å². The zero-order valence-corrected chi connectivity index (χ0v) is 16.9. The molecule has 144 valence electrons. The van der Waals surface area contributed by atoms with Crippen LogP contribution in [0.3, 0.4) is 0 Å². The monoisotopic (exact) mass is 412 g/mol. The second-order valence-electron chi connectivity index (χ2n) is 5.84. The van der Waals surface area contributed by atoms with Gasteiger partial charge in [-0.15, -0.1) is 11.3 Å². The first-order chi connectivity index (χ1) is 13.6. The first-order valence-corrected chi connectivity index (χ1v) is 9.92. The van der Waals surface area contributed by atoms with Gasteiger partial charge in [0.1, 0.15) is 11.4 Å². The maximum Gasteiger partial charge on any atom is 0.270 e. The number of hydrogen-bond donors (Lipinski definition) is 3. The Morgan fingerprint density at radius 2 is 1.86 bits per heavy atom. The van der Waals surface area contributed by atoms with Crippen molar-refractivity contribution in [3.8, 4) is 5.75 Å². The number of methoxy groups -OCH3 is 1. The van der Waals surface area contributed by atoms with Crippen LogP contribution in [0.2, 0.25) is 0 Å². The summed E-state index contributed by atoms with van der Waals surface area (Å²) in [7, 11) is 1.62. The van der Waals surface area contributed by atoms with Gasteiger partial charge < -0.3 is 20.7 Å². The number of benzene rings is 2. The molecule has 1 heterocycles. The van der Waals surface area contributed by atoms with Crippen molar-refractivity contribution < 1.29 is 9.53 Å². The predicted molar refractivity (Wildman–Crippen MR) is 117 cm³/mol. The molecule has 0 aliphatic carbocycles. The quantitative estimate of drug-likeness (QED) is 0.511. The number of anilines is 2. The molecule has 3 aromatic rings. The minimum absolute atomic E-state index is 0.200. The fraction of sp³-hybridized carbons (Fsp3) is 0.150. The van der Waals surface area contributed by atoms with Crippen molar-refractivity contribution in [2.75, 3.05) is 24.3 Å². The van der Waals surface area contributed by atoms with Crippen LogP contribution >= 0.6 is 23.6 Å². The third-order valence-electron chi connectivity index (χ3n) is 3.85. The van der Waals surface area contributed by atoms with Crippen molar-refractivity contribution in [1.82, 2.24) is 10.3 Å². The molecule has 0 aliphatic rings. The second-order valence-corrected chi connectivity index (χ2v) is 7.10. The van der Waals surface area contributed by atoms with Gasteiger partial charge in [-0.3, -0.25) is 4.79 Å². The first kappa shape index (κ1) is 19.8. The number of ether oxygens (including phenoxy) is 1. The van der Waals surface area contributed by atoms with Crippen LogP contribution in [0.15, 0.2) is 60.0 Å². The number of aromatic nitrogens is 1. The van der Waals surface area contributed by atoms with Crippen molar-refractivity contribution in [3.63, 3.8) is 0 Å². The Labute approximate surface area is 173 Å². The molecule has 0 bridgehead atoms. The molecule has 0 aliphatic heterocycles. The molecule has 6 nitrogen and oxygen atoms in total. The van der Waals surface area contributed by atoms with Crippen molar-refractivity contribution >= 4 is 45.4 Å². The van der Waals surface area contributed by atoms with E-state index in [0.717, 1.165) is 17.9 Å². The highest BCUT2D eigenvalue weighted by Crippen LogP contribution is 2.18. The molecule has 1 aromatic heterocycles. The highest BCUT2D eigenvalue weighted by Gasteiger charge is 2.11. The lowest BCUT2D eigenvalue weighted by Crippen LogP contribution is -2.26. The maximum atomic E-state index is 12.2. The summed E-state index contributed by atoms with van der Waals surface area (Å²) in [5.41, 5.74) is 2.37. The molecule has 0 unspecified atom stereocenters. The van der Waals surface area contributed by atoms with Gasteiger partial charge in [0.25, 0.3) is 5.91 Å². The highest BCUT2D eigenvalue weighted by atomic mass is 32.1. The summed E-state index contributed by atoms with van der Waals surface area (Å²) < 4.78 is 5.13. The SMILES string of the molecule is COc1ccc(NC(=S)Nc2nc(C(=O)NCCc3ccccc3)cs2)cc1. The number of nitrogens with zero attached hydrogens (tertiary/aromatic N) is 1. The minimum Gasteiger partial charge on any atom is -0.497 e. The van der Waals surface area contributed by atoms with Gasteiger partial charge >= 0.3 is 0 Å². The zero-order valence-electron chi connectivity index (χ0n) is 15.3. The number of amides is 1. The van der Waals surface area contributed by atoms with Crippen LogP contribution in [-0.4, -0.2) is 29.7 Å². The van der Waals surface area contributed by atoms with Crippen molar-refractivity contribution in [1.29, 1.82) is 0 Å². The largest absolute Gasteiger partial charge is 0.497 e. The maximum absolute atomic E-state index is 12.2. The highest BCUT2D eigenvalue weighted by molar-refractivity contribution is 7.80. The number of carbonyl (C=O) groups is 1. The molecule has 0 radical (unpaired) electrons. The topological polar surface area (TPSA) is 75.3 Å². The molecule has 0 saturated heterocycles. The van der Waals surface area contributed by atoms with Gasteiger partial charge in [0.15, 0.2) is 10.2 Å².